The first-order valence-electron chi connectivity index (χ1n) is 18.2. The minimum absolute atomic E-state index is 0.0174. The van der Waals surface area contributed by atoms with Gasteiger partial charge in [0.15, 0.2) is 5.82 Å². The van der Waals surface area contributed by atoms with Crippen LogP contribution in [0.2, 0.25) is 10.3 Å². The minimum atomic E-state index is -0.986. The molecule has 0 saturated carbocycles. The Kier molecular flexibility index (Phi) is 9.01. The predicted molar refractivity (Wildman–Crippen MR) is 205 cm³/mol. The van der Waals surface area contributed by atoms with Gasteiger partial charge in [-0.15, -0.1) is 16.4 Å². The van der Waals surface area contributed by atoms with Crippen molar-refractivity contribution < 1.29 is 27.4 Å². The number of nitrogens with two attached hydrogens (primary N) is 1. The van der Waals surface area contributed by atoms with Gasteiger partial charge in [-0.3, -0.25) is 4.90 Å². The fraction of sp³-hybridized carbons (Fsp3) is 0.459. The number of hydrogen-bond acceptors (Lipinski definition) is 12. The number of nitriles is 1. The zero-order valence-electron chi connectivity index (χ0n) is 30.2. The first-order chi connectivity index (χ1) is 26.8. The van der Waals surface area contributed by atoms with Gasteiger partial charge in [-0.1, -0.05) is 31.5 Å². The number of rotatable bonds is 6. The van der Waals surface area contributed by atoms with Crippen LogP contribution in [-0.4, -0.2) is 110 Å². The molecule has 13 nitrogen and oxygen atoms in total. The summed E-state index contributed by atoms with van der Waals surface area (Å²) >= 11 is 13.8. The molecule has 56 heavy (non-hydrogen) atoms. The summed E-state index contributed by atoms with van der Waals surface area (Å²) in [6, 6.07) is 5.25. The molecule has 9 rings (SSSR count). The van der Waals surface area contributed by atoms with E-state index in [4.69, 9.17) is 43.4 Å². The molecule has 2 N–H and O–H groups in total. The second-order valence-electron chi connectivity index (χ2n) is 15.3. The Bertz CT molecular complexity index is 2480. The molecule has 0 unspecified atom stereocenters. The van der Waals surface area contributed by atoms with Crippen LogP contribution in [0.3, 0.4) is 0 Å². The molecule has 19 heteroatoms. The number of thiophene rings is 1. The lowest BCUT2D eigenvalue weighted by molar-refractivity contribution is -0.186. The van der Waals surface area contributed by atoms with E-state index in [1.165, 1.54) is 18.5 Å². The fourth-order valence-electron chi connectivity index (χ4n) is 9.40. The number of halogens is 5. The van der Waals surface area contributed by atoms with E-state index in [0.29, 0.717) is 25.3 Å². The fourth-order valence-corrected chi connectivity index (χ4v) is 10.8. The zero-order valence-corrected chi connectivity index (χ0v) is 32.6. The van der Waals surface area contributed by atoms with E-state index in [1.54, 1.807) is 11.0 Å². The average Bonchev–Trinajstić information content (AvgIpc) is 3.92. The molecule has 3 aromatic heterocycles. The van der Waals surface area contributed by atoms with Crippen LogP contribution in [0.25, 0.3) is 32.1 Å². The molecular weight excluding hydrogens is 792 g/mol. The van der Waals surface area contributed by atoms with Crippen LogP contribution >= 0.6 is 34.5 Å². The summed E-state index contributed by atoms with van der Waals surface area (Å²) in [7, 11) is 0. The van der Waals surface area contributed by atoms with Crippen LogP contribution in [0.15, 0.2) is 24.5 Å². The molecule has 4 atom stereocenters. The van der Waals surface area contributed by atoms with Crippen molar-refractivity contribution in [2.75, 3.05) is 56.6 Å². The first-order valence-corrected chi connectivity index (χ1v) is 19.8. The van der Waals surface area contributed by atoms with Gasteiger partial charge in [-0.25, -0.2) is 22.9 Å². The highest BCUT2D eigenvalue weighted by atomic mass is 35.5. The Morgan fingerprint density at radius 1 is 1.23 bits per heavy atom. The Morgan fingerprint density at radius 3 is 2.80 bits per heavy atom. The highest BCUT2D eigenvalue weighted by molar-refractivity contribution is 7.23. The van der Waals surface area contributed by atoms with Gasteiger partial charge in [0.2, 0.25) is 5.28 Å². The number of amides is 1. The number of benzene rings is 2. The Hall–Kier alpha value is -4.47. The van der Waals surface area contributed by atoms with E-state index in [2.05, 4.69) is 20.0 Å². The van der Waals surface area contributed by atoms with Gasteiger partial charge in [0.1, 0.15) is 52.9 Å². The van der Waals surface area contributed by atoms with Gasteiger partial charge in [0, 0.05) is 35.8 Å². The molecule has 0 aliphatic carbocycles. The van der Waals surface area contributed by atoms with Crippen LogP contribution in [-0.2, 0) is 4.74 Å². The molecule has 1 amide bonds. The number of likely N-dealkylation sites (tertiary alicyclic amines) is 1. The number of carbonyl (C=O) groups excluding carboxylic acids is 1. The number of hydrogen-bond donors (Lipinski definition) is 1. The molecule has 7 heterocycles. The number of ether oxygens (including phenoxy) is 2. The van der Waals surface area contributed by atoms with E-state index in [-0.39, 0.29) is 97.3 Å². The molecule has 0 radical (unpaired) electrons. The highest BCUT2D eigenvalue weighted by Crippen LogP contribution is 2.47. The molecule has 292 valence electrons. The van der Waals surface area contributed by atoms with Crippen molar-refractivity contribution in [3.8, 4) is 23.2 Å². The molecular formula is C37H35Cl2F3N10O3S. The summed E-state index contributed by atoms with van der Waals surface area (Å²) in [5, 5.41) is 14.4. The Labute approximate surface area is 332 Å². The minimum Gasteiger partial charge on any atom is -0.461 e. The van der Waals surface area contributed by atoms with E-state index < -0.39 is 35.0 Å². The second kappa shape index (κ2) is 13.6. The second-order valence-corrected chi connectivity index (χ2v) is 17.1. The van der Waals surface area contributed by atoms with Crippen molar-refractivity contribution in [1.82, 2.24) is 34.5 Å². The molecule has 2 aromatic carbocycles. The maximum Gasteiger partial charge on any atom is 0.346 e. The third kappa shape index (κ3) is 5.74. The van der Waals surface area contributed by atoms with Crippen LogP contribution < -0.4 is 15.4 Å². The normalized spacial score (nSPS) is 25.1. The van der Waals surface area contributed by atoms with Gasteiger partial charge < -0.3 is 25.0 Å². The topological polar surface area (TPSA) is 152 Å². The van der Waals surface area contributed by atoms with Gasteiger partial charge in [-0.2, -0.15) is 19.9 Å². The van der Waals surface area contributed by atoms with Gasteiger partial charge in [0.05, 0.1) is 46.6 Å². The standard InChI is InChI=1S/C37H35Cl2F3N10O3S/c1-18(2)30-37(15-51(30)35(53)52-17-45-33(39)48-52)14-49(8-9-55-37)32-21-10-23(38)26(20-4-5-24(41)29-25(20)22(12-43)31(44)56-29)27(42)28(21)46-34(47-32)54-16-36-6-3-7-50(36)13-19(40)11-36/h4-5,10,17-19,30H,3,6-9,11,13-16,44H2,1-2H3/t19-,30-,36+,37+/m1/s1. The summed E-state index contributed by atoms with van der Waals surface area (Å²) < 4.78 is 61.0. The molecule has 5 aromatic rings. The third-order valence-electron chi connectivity index (χ3n) is 11.6. The molecule has 0 bridgehead atoms. The molecule has 4 saturated heterocycles. The van der Waals surface area contributed by atoms with Crippen molar-refractivity contribution in [1.29, 1.82) is 5.26 Å². The number of nitrogens with zero attached hydrogens (tertiary/aromatic N) is 9. The van der Waals surface area contributed by atoms with Gasteiger partial charge >= 0.3 is 12.0 Å². The van der Waals surface area contributed by atoms with E-state index >= 15 is 8.78 Å². The number of carbonyl (C=O) groups is 1. The lowest BCUT2D eigenvalue weighted by Crippen LogP contribution is -2.79. The summed E-state index contributed by atoms with van der Waals surface area (Å²) in [6.07, 6.45) is 2.23. The maximum absolute atomic E-state index is 17.3. The largest absolute Gasteiger partial charge is 0.461 e. The molecule has 4 fully saturated rings. The van der Waals surface area contributed by atoms with Gasteiger partial charge in [-0.05, 0) is 54.6 Å². The lowest BCUT2D eigenvalue weighted by atomic mass is 9.75. The van der Waals surface area contributed by atoms with Crippen molar-refractivity contribution in [3.63, 3.8) is 0 Å². The summed E-state index contributed by atoms with van der Waals surface area (Å²) in [5.41, 5.74) is 4.73. The van der Waals surface area contributed by atoms with Crippen molar-refractivity contribution in [3.05, 3.63) is 52.0 Å². The summed E-state index contributed by atoms with van der Waals surface area (Å²) in [4.78, 5) is 32.6. The monoisotopic (exact) mass is 826 g/mol. The van der Waals surface area contributed by atoms with E-state index in [0.717, 1.165) is 35.4 Å². The molecule has 1 spiro atoms. The van der Waals surface area contributed by atoms with Crippen molar-refractivity contribution >= 4 is 72.4 Å². The van der Waals surface area contributed by atoms with Crippen molar-refractivity contribution in [2.45, 2.75) is 56.5 Å². The summed E-state index contributed by atoms with van der Waals surface area (Å²) in [5.74, 6) is -1.15. The predicted octanol–water partition coefficient (Wildman–Crippen LogP) is 6.68. The number of fused-ring (bicyclic) bond motifs is 3. The van der Waals surface area contributed by atoms with Crippen LogP contribution in [0, 0.1) is 28.9 Å². The maximum atomic E-state index is 17.3. The van der Waals surface area contributed by atoms with E-state index in [1.807, 2.05) is 24.8 Å². The number of alkyl halides is 1. The zero-order chi connectivity index (χ0) is 39.3. The molecule has 4 aliphatic heterocycles. The first kappa shape index (κ1) is 37.1. The number of nitrogen functional groups attached to an aromatic ring is 1. The summed E-state index contributed by atoms with van der Waals surface area (Å²) in [6.45, 7) is 6.27. The quantitative estimate of drug-likeness (QED) is 0.195. The van der Waals surface area contributed by atoms with Crippen LogP contribution in [0.1, 0.15) is 38.7 Å². The number of aromatic nitrogens is 5. The number of morpholine rings is 1. The van der Waals surface area contributed by atoms with E-state index in [9.17, 15) is 14.4 Å². The Morgan fingerprint density at radius 2 is 2.05 bits per heavy atom. The highest BCUT2D eigenvalue weighted by Gasteiger charge is 2.59. The van der Waals surface area contributed by atoms with Crippen molar-refractivity contribution in [2.24, 2.45) is 5.92 Å². The smallest absolute Gasteiger partial charge is 0.346 e. The van der Waals surface area contributed by atoms with Crippen LogP contribution in [0.4, 0.5) is 28.8 Å². The number of anilines is 2. The average molecular weight is 828 g/mol. The lowest BCUT2D eigenvalue weighted by Gasteiger charge is -2.61. The van der Waals surface area contributed by atoms with Gasteiger partial charge in [0.25, 0.3) is 0 Å². The Balaban J connectivity index is 1.15. The van der Waals surface area contributed by atoms with Crippen LogP contribution in [0.5, 0.6) is 6.01 Å². The molecule has 4 aliphatic rings. The SMILES string of the molecule is CC(C)[C@H]1N(C(=O)n2cnc(Cl)n2)C[C@@]12CN(c1nc(OC[C@@]34CCCN3C[C@H](F)C4)nc3c(F)c(-c4ccc(F)c5sc(N)c(C#N)c45)c(Cl)cc13)CCO2. The third-order valence-corrected chi connectivity index (χ3v) is 13.1.